The van der Waals surface area contributed by atoms with Gasteiger partial charge in [-0.05, 0) is 48.0 Å². The second-order valence-corrected chi connectivity index (χ2v) is 6.93. The van der Waals surface area contributed by atoms with Gasteiger partial charge in [0.25, 0.3) is 11.8 Å². The average molecular weight is 427 g/mol. The topological polar surface area (TPSA) is 93.5 Å². The molecule has 0 saturated carbocycles. The lowest BCUT2D eigenvalue weighted by atomic mass is 10.2. The number of nitrogens with one attached hydrogen (secondary N) is 2. The molecule has 2 aromatic carbocycles. The third-order valence-corrected chi connectivity index (χ3v) is 4.66. The number of hydrogen-bond donors (Lipinski definition) is 2. The number of benzene rings is 2. The Labute approximate surface area is 185 Å². The lowest BCUT2D eigenvalue weighted by Gasteiger charge is -2.11. The summed E-state index contributed by atoms with van der Waals surface area (Å²) in [4.78, 5) is 28.9. The van der Waals surface area contributed by atoms with E-state index in [-0.39, 0.29) is 24.1 Å². The predicted molar refractivity (Wildman–Crippen MR) is 119 cm³/mol. The molecule has 7 heteroatoms. The second-order valence-electron chi connectivity index (χ2n) is 6.93. The zero-order valence-electron chi connectivity index (χ0n) is 17.2. The largest absolute Gasteiger partial charge is 0.473 e. The zero-order chi connectivity index (χ0) is 22.2. The number of amides is 2. The number of ether oxygens (including phenoxy) is 1. The van der Waals surface area contributed by atoms with E-state index < -0.39 is 0 Å². The van der Waals surface area contributed by atoms with Gasteiger partial charge in [0.1, 0.15) is 6.61 Å². The fraction of sp³-hybridized carbons (Fsp3) is 0.0800. The van der Waals surface area contributed by atoms with Crippen LogP contribution in [0.15, 0.2) is 95.7 Å². The predicted octanol–water partition coefficient (Wildman–Crippen LogP) is 4.44. The van der Waals surface area contributed by atoms with E-state index in [0.29, 0.717) is 23.7 Å². The molecule has 0 fully saturated rings. The Morgan fingerprint density at radius 1 is 0.875 bits per heavy atom. The minimum Gasteiger partial charge on any atom is -0.473 e. The molecule has 0 bridgehead atoms. The molecule has 2 aromatic heterocycles. The Kier molecular flexibility index (Phi) is 6.57. The molecule has 0 saturated heterocycles. The smallest absolute Gasteiger partial charge is 0.291 e. The Hall–Kier alpha value is -4.39. The maximum atomic E-state index is 12.6. The van der Waals surface area contributed by atoms with Crippen molar-refractivity contribution in [3.05, 3.63) is 114 Å². The number of furan rings is 1. The number of carbonyl (C=O) groups is 2. The van der Waals surface area contributed by atoms with Crippen LogP contribution in [0, 0.1) is 0 Å². The highest BCUT2D eigenvalue weighted by Gasteiger charge is 2.11. The molecule has 0 aliphatic carbocycles. The van der Waals surface area contributed by atoms with E-state index in [0.717, 1.165) is 11.1 Å². The molecule has 0 radical (unpaired) electrons. The van der Waals surface area contributed by atoms with Crippen molar-refractivity contribution >= 4 is 17.5 Å². The van der Waals surface area contributed by atoms with Crippen molar-refractivity contribution in [1.29, 1.82) is 0 Å². The summed E-state index contributed by atoms with van der Waals surface area (Å²) < 4.78 is 10.9. The molecule has 4 rings (SSSR count). The van der Waals surface area contributed by atoms with Gasteiger partial charge >= 0.3 is 0 Å². The van der Waals surface area contributed by atoms with Crippen molar-refractivity contribution in [2.24, 2.45) is 0 Å². The van der Waals surface area contributed by atoms with Crippen LogP contribution < -0.4 is 15.4 Å². The Bertz CT molecular complexity index is 1170. The first kappa shape index (κ1) is 20.9. The van der Waals surface area contributed by atoms with Crippen molar-refractivity contribution in [2.45, 2.75) is 13.2 Å². The van der Waals surface area contributed by atoms with Crippen LogP contribution in [-0.2, 0) is 13.2 Å². The molecular formula is C25H21N3O4. The zero-order valence-corrected chi connectivity index (χ0v) is 17.2. The van der Waals surface area contributed by atoms with Crippen molar-refractivity contribution < 1.29 is 18.7 Å². The Morgan fingerprint density at radius 2 is 1.69 bits per heavy atom. The molecule has 160 valence electrons. The van der Waals surface area contributed by atoms with Gasteiger partial charge in [0, 0.05) is 29.6 Å². The van der Waals surface area contributed by atoms with Gasteiger partial charge in [-0.3, -0.25) is 9.59 Å². The fourth-order valence-corrected chi connectivity index (χ4v) is 3.00. The number of carbonyl (C=O) groups excluding carboxylic acids is 2. The standard InChI is InChI=1S/C25H21N3O4/c29-23(19-10-12-21(13-11-19)28-24(30)22-9-5-15-31-22)27-16-20-8-4-14-26-25(20)32-17-18-6-2-1-3-7-18/h1-15H,16-17H2,(H,27,29)(H,28,30). The minimum absolute atomic E-state index is 0.216. The third-order valence-electron chi connectivity index (χ3n) is 4.66. The third kappa shape index (κ3) is 5.40. The quantitative estimate of drug-likeness (QED) is 0.434. The molecule has 0 aliphatic heterocycles. The van der Waals surface area contributed by atoms with Gasteiger partial charge < -0.3 is 19.8 Å². The molecular weight excluding hydrogens is 406 g/mol. The minimum atomic E-state index is -0.355. The molecule has 0 atom stereocenters. The van der Waals surface area contributed by atoms with Gasteiger partial charge in [-0.1, -0.05) is 36.4 Å². The van der Waals surface area contributed by atoms with Gasteiger partial charge in [0.2, 0.25) is 5.88 Å². The van der Waals surface area contributed by atoms with E-state index >= 15 is 0 Å². The van der Waals surface area contributed by atoms with Gasteiger partial charge in [-0.2, -0.15) is 0 Å². The lowest BCUT2D eigenvalue weighted by Crippen LogP contribution is -2.23. The van der Waals surface area contributed by atoms with Gasteiger partial charge in [-0.15, -0.1) is 0 Å². The van der Waals surface area contributed by atoms with E-state index in [9.17, 15) is 9.59 Å². The average Bonchev–Trinajstić information content (AvgIpc) is 3.38. The molecule has 0 unspecified atom stereocenters. The van der Waals surface area contributed by atoms with Crippen LogP contribution in [-0.4, -0.2) is 16.8 Å². The van der Waals surface area contributed by atoms with Crippen LogP contribution in [0.25, 0.3) is 0 Å². The van der Waals surface area contributed by atoms with E-state index in [4.69, 9.17) is 9.15 Å². The molecule has 4 aromatic rings. The SMILES string of the molecule is O=C(NCc1cccnc1OCc1ccccc1)c1ccc(NC(=O)c2ccco2)cc1. The van der Waals surface area contributed by atoms with Crippen LogP contribution in [0.2, 0.25) is 0 Å². The van der Waals surface area contributed by atoms with E-state index in [1.54, 1.807) is 48.7 Å². The number of anilines is 1. The van der Waals surface area contributed by atoms with Crippen LogP contribution in [0.4, 0.5) is 5.69 Å². The summed E-state index contributed by atoms with van der Waals surface area (Å²) in [6.07, 6.45) is 3.09. The van der Waals surface area contributed by atoms with E-state index in [1.807, 2.05) is 36.4 Å². The normalized spacial score (nSPS) is 10.4. The first-order valence-electron chi connectivity index (χ1n) is 10.0. The van der Waals surface area contributed by atoms with Crippen LogP contribution >= 0.6 is 0 Å². The summed E-state index contributed by atoms with van der Waals surface area (Å²) in [6, 6.07) is 23.3. The highest BCUT2D eigenvalue weighted by molar-refractivity contribution is 6.02. The van der Waals surface area contributed by atoms with Gasteiger partial charge in [0.15, 0.2) is 5.76 Å². The summed E-state index contributed by atoms with van der Waals surface area (Å²) in [5.41, 5.74) is 2.84. The van der Waals surface area contributed by atoms with E-state index in [1.165, 1.54) is 6.26 Å². The first-order valence-corrected chi connectivity index (χ1v) is 10.0. The van der Waals surface area contributed by atoms with Crippen molar-refractivity contribution in [1.82, 2.24) is 10.3 Å². The number of pyridine rings is 1. The molecule has 0 spiro atoms. The number of aromatic nitrogens is 1. The summed E-state index contributed by atoms with van der Waals surface area (Å²) >= 11 is 0. The van der Waals surface area contributed by atoms with Crippen molar-refractivity contribution in [3.63, 3.8) is 0 Å². The van der Waals surface area contributed by atoms with Crippen molar-refractivity contribution in [2.75, 3.05) is 5.32 Å². The van der Waals surface area contributed by atoms with Gasteiger partial charge in [0.05, 0.1) is 6.26 Å². The fourth-order valence-electron chi connectivity index (χ4n) is 3.00. The van der Waals surface area contributed by atoms with Gasteiger partial charge in [-0.25, -0.2) is 4.98 Å². The van der Waals surface area contributed by atoms with Crippen LogP contribution in [0.1, 0.15) is 32.0 Å². The highest BCUT2D eigenvalue weighted by Crippen LogP contribution is 2.17. The summed E-state index contributed by atoms with van der Waals surface area (Å²) in [6.45, 7) is 0.664. The molecule has 2 amide bonds. The number of hydrogen-bond acceptors (Lipinski definition) is 5. The molecule has 7 nitrogen and oxygen atoms in total. The highest BCUT2D eigenvalue weighted by atomic mass is 16.5. The van der Waals surface area contributed by atoms with Crippen molar-refractivity contribution in [3.8, 4) is 5.88 Å². The maximum absolute atomic E-state index is 12.6. The summed E-state index contributed by atoms with van der Waals surface area (Å²) in [5.74, 6) is 0.0970. The summed E-state index contributed by atoms with van der Waals surface area (Å²) in [5, 5.41) is 5.59. The molecule has 2 N–H and O–H groups in total. The maximum Gasteiger partial charge on any atom is 0.291 e. The second kappa shape index (κ2) is 10.1. The van der Waals surface area contributed by atoms with Crippen LogP contribution in [0.3, 0.4) is 0 Å². The lowest BCUT2D eigenvalue weighted by molar-refractivity contribution is 0.0949. The molecule has 32 heavy (non-hydrogen) atoms. The Morgan fingerprint density at radius 3 is 2.44 bits per heavy atom. The molecule has 2 heterocycles. The van der Waals surface area contributed by atoms with E-state index in [2.05, 4.69) is 15.6 Å². The number of rotatable bonds is 8. The Balaban J connectivity index is 1.33. The monoisotopic (exact) mass is 427 g/mol. The first-order chi connectivity index (χ1) is 15.7. The number of nitrogens with zero attached hydrogens (tertiary/aromatic N) is 1. The molecule has 0 aliphatic rings. The van der Waals surface area contributed by atoms with Crippen LogP contribution in [0.5, 0.6) is 5.88 Å². The summed E-state index contributed by atoms with van der Waals surface area (Å²) in [7, 11) is 0.